The van der Waals surface area contributed by atoms with E-state index in [2.05, 4.69) is 55.8 Å². The van der Waals surface area contributed by atoms with Crippen molar-refractivity contribution in [3.05, 3.63) is 57.7 Å². The van der Waals surface area contributed by atoms with Gasteiger partial charge in [-0.2, -0.15) is 5.10 Å². The van der Waals surface area contributed by atoms with Crippen LogP contribution in [0, 0.1) is 0 Å². The van der Waals surface area contributed by atoms with Gasteiger partial charge in [-0.05, 0) is 46.4 Å². The molecule has 1 N–H and O–H groups in total. The topological polar surface area (TPSA) is 42.7 Å². The van der Waals surface area contributed by atoms with E-state index in [0.29, 0.717) is 0 Å². The van der Waals surface area contributed by atoms with Crippen LogP contribution in [0.15, 0.2) is 52.8 Å². The van der Waals surface area contributed by atoms with E-state index in [1.54, 1.807) is 22.3 Å². The van der Waals surface area contributed by atoms with Crippen LogP contribution in [0.1, 0.15) is 17.8 Å². The number of hydrogen-bond acceptors (Lipinski definition) is 4. The molecule has 1 atom stereocenters. The van der Waals surface area contributed by atoms with Gasteiger partial charge in [-0.25, -0.2) is 9.67 Å². The molecule has 1 unspecified atom stereocenters. The maximum absolute atomic E-state index is 4.19. The zero-order chi connectivity index (χ0) is 13.9. The number of hydrogen-bond donors (Lipinski definition) is 1. The van der Waals surface area contributed by atoms with Crippen LogP contribution in [0.25, 0.3) is 5.69 Å². The number of benzene rings is 1. The van der Waals surface area contributed by atoms with Gasteiger partial charge in [0.05, 0.1) is 17.4 Å². The van der Waals surface area contributed by atoms with Crippen LogP contribution in [-0.2, 0) is 0 Å². The fourth-order valence-corrected chi connectivity index (χ4v) is 3.77. The first-order valence-electron chi connectivity index (χ1n) is 6.19. The molecule has 0 radical (unpaired) electrons. The first-order chi connectivity index (χ1) is 9.75. The Bertz CT molecular complexity index is 693. The summed E-state index contributed by atoms with van der Waals surface area (Å²) in [6, 6.07) is 10.4. The summed E-state index contributed by atoms with van der Waals surface area (Å²) in [4.78, 5) is 5.28. The largest absolute Gasteiger partial charge is 0.376 e. The van der Waals surface area contributed by atoms with E-state index >= 15 is 0 Å². The molecule has 0 bridgehead atoms. The number of nitrogens with one attached hydrogen (secondary N) is 1. The standard InChI is InChI=1S/C14H13BrN4S/c1-10(14-11(15)6-7-20-14)18-12-4-2-3-5-13(12)19-9-16-8-17-19/h2-10,18H,1H3. The highest BCUT2D eigenvalue weighted by Crippen LogP contribution is 2.32. The Morgan fingerprint density at radius 2 is 2.15 bits per heavy atom. The molecule has 0 fully saturated rings. The van der Waals surface area contributed by atoms with Crippen LogP contribution in [0.4, 0.5) is 5.69 Å². The van der Waals surface area contributed by atoms with E-state index in [9.17, 15) is 0 Å². The molecule has 102 valence electrons. The monoisotopic (exact) mass is 348 g/mol. The minimum atomic E-state index is 0.217. The molecule has 1 aromatic carbocycles. The van der Waals surface area contributed by atoms with Crippen molar-refractivity contribution in [2.45, 2.75) is 13.0 Å². The third-order valence-corrected chi connectivity index (χ3v) is 5.03. The lowest BCUT2D eigenvalue weighted by molar-refractivity contribution is 0.859. The van der Waals surface area contributed by atoms with Gasteiger partial charge >= 0.3 is 0 Å². The molecule has 3 aromatic rings. The molecular weight excluding hydrogens is 336 g/mol. The summed E-state index contributed by atoms with van der Waals surface area (Å²) in [7, 11) is 0. The van der Waals surface area contributed by atoms with Gasteiger partial charge < -0.3 is 5.32 Å². The Hall–Kier alpha value is -1.66. The molecule has 0 aliphatic heterocycles. The van der Waals surface area contributed by atoms with Crippen molar-refractivity contribution < 1.29 is 0 Å². The molecule has 0 spiro atoms. The molecule has 0 saturated heterocycles. The average molecular weight is 349 g/mol. The molecule has 2 aromatic heterocycles. The summed E-state index contributed by atoms with van der Waals surface area (Å²) in [6.07, 6.45) is 3.24. The molecule has 2 heterocycles. The van der Waals surface area contributed by atoms with Gasteiger partial charge in [0.2, 0.25) is 0 Å². The van der Waals surface area contributed by atoms with Crippen LogP contribution in [-0.4, -0.2) is 14.8 Å². The summed E-state index contributed by atoms with van der Waals surface area (Å²) >= 11 is 5.32. The van der Waals surface area contributed by atoms with Crippen molar-refractivity contribution in [1.82, 2.24) is 14.8 Å². The SMILES string of the molecule is CC(Nc1ccccc1-n1cncn1)c1sccc1Br. The summed E-state index contributed by atoms with van der Waals surface area (Å²) in [5.41, 5.74) is 2.02. The van der Waals surface area contributed by atoms with E-state index in [1.807, 2.05) is 18.2 Å². The Labute approximate surface area is 129 Å². The van der Waals surface area contributed by atoms with Gasteiger partial charge in [-0.1, -0.05) is 12.1 Å². The van der Waals surface area contributed by atoms with Crippen molar-refractivity contribution >= 4 is 33.0 Å². The van der Waals surface area contributed by atoms with Crippen LogP contribution in [0.3, 0.4) is 0 Å². The Morgan fingerprint density at radius 3 is 2.85 bits per heavy atom. The van der Waals surface area contributed by atoms with Gasteiger partial charge in [0.15, 0.2) is 0 Å². The van der Waals surface area contributed by atoms with Crippen LogP contribution >= 0.6 is 27.3 Å². The average Bonchev–Trinajstić information content (AvgIpc) is 3.10. The van der Waals surface area contributed by atoms with Gasteiger partial charge in [0.1, 0.15) is 12.7 Å². The van der Waals surface area contributed by atoms with Crippen molar-refractivity contribution in [2.75, 3.05) is 5.32 Å². The van der Waals surface area contributed by atoms with Crippen molar-refractivity contribution in [3.8, 4) is 5.69 Å². The first kappa shape index (κ1) is 13.3. The number of thiophene rings is 1. The van der Waals surface area contributed by atoms with E-state index in [1.165, 1.54) is 11.2 Å². The van der Waals surface area contributed by atoms with E-state index < -0.39 is 0 Å². The van der Waals surface area contributed by atoms with Crippen LogP contribution < -0.4 is 5.32 Å². The maximum atomic E-state index is 4.19. The van der Waals surface area contributed by atoms with E-state index in [4.69, 9.17) is 0 Å². The Kier molecular flexibility index (Phi) is 3.84. The Morgan fingerprint density at radius 1 is 1.30 bits per heavy atom. The predicted octanol–water partition coefficient (Wildman–Crippen LogP) is 4.26. The summed E-state index contributed by atoms with van der Waals surface area (Å²) in [6.45, 7) is 2.15. The molecule has 0 aliphatic carbocycles. The minimum absolute atomic E-state index is 0.217. The molecule has 20 heavy (non-hydrogen) atoms. The first-order valence-corrected chi connectivity index (χ1v) is 7.86. The Balaban J connectivity index is 1.90. The van der Waals surface area contributed by atoms with Crippen molar-refractivity contribution in [3.63, 3.8) is 0 Å². The molecule has 3 rings (SSSR count). The van der Waals surface area contributed by atoms with Crippen molar-refractivity contribution in [2.24, 2.45) is 0 Å². The van der Waals surface area contributed by atoms with Gasteiger partial charge in [-0.15, -0.1) is 11.3 Å². The number of rotatable bonds is 4. The van der Waals surface area contributed by atoms with Crippen LogP contribution in [0.5, 0.6) is 0 Å². The number of halogens is 1. The quantitative estimate of drug-likeness (QED) is 0.765. The fourth-order valence-electron chi connectivity index (χ4n) is 2.04. The van der Waals surface area contributed by atoms with Crippen LogP contribution in [0.2, 0.25) is 0 Å². The fraction of sp³-hybridized carbons (Fsp3) is 0.143. The normalized spacial score (nSPS) is 12.3. The number of para-hydroxylation sites is 2. The molecular formula is C14H13BrN4S. The van der Waals surface area contributed by atoms with E-state index in [0.717, 1.165) is 15.8 Å². The highest BCUT2D eigenvalue weighted by atomic mass is 79.9. The summed E-state index contributed by atoms with van der Waals surface area (Å²) < 4.78 is 2.90. The van der Waals surface area contributed by atoms with E-state index in [-0.39, 0.29) is 6.04 Å². The highest BCUT2D eigenvalue weighted by molar-refractivity contribution is 9.10. The lowest BCUT2D eigenvalue weighted by Gasteiger charge is -2.17. The van der Waals surface area contributed by atoms with Gasteiger partial charge in [0.25, 0.3) is 0 Å². The molecule has 0 aliphatic rings. The summed E-state index contributed by atoms with van der Waals surface area (Å²) in [5, 5.41) is 9.81. The number of nitrogens with zero attached hydrogens (tertiary/aromatic N) is 3. The molecule has 4 nitrogen and oxygen atoms in total. The molecule has 0 amide bonds. The molecule has 6 heteroatoms. The predicted molar refractivity (Wildman–Crippen MR) is 85.4 cm³/mol. The summed E-state index contributed by atoms with van der Waals surface area (Å²) in [5.74, 6) is 0. The number of aromatic nitrogens is 3. The van der Waals surface area contributed by atoms with Gasteiger partial charge in [-0.3, -0.25) is 0 Å². The second-order valence-electron chi connectivity index (χ2n) is 4.36. The zero-order valence-corrected chi connectivity index (χ0v) is 13.2. The second kappa shape index (κ2) is 5.76. The molecule has 0 saturated carbocycles. The maximum Gasteiger partial charge on any atom is 0.138 e. The highest BCUT2D eigenvalue weighted by Gasteiger charge is 2.13. The van der Waals surface area contributed by atoms with Crippen molar-refractivity contribution in [1.29, 1.82) is 0 Å². The number of anilines is 1. The minimum Gasteiger partial charge on any atom is -0.376 e. The lowest BCUT2D eigenvalue weighted by atomic mass is 10.2. The third kappa shape index (κ3) is 2.62. The van der Waals surface area contributed by atoms with Gasteiger partial charge in [0, 0.05) is 9.35 Å². The third-order valence-electron chi connectivity index (χ3n) is 2.98. The smallest absolute Gasteiger partial charge is 0.138 e. The lowest BCUT2D eigenvalue weighted by Crippen LogP contribution is -2.08. The zero-order valence-electron chi connectivity index (χ0n) is 10.8. The second-order valence-corrected chi connectivity index (χ2v) is 6.16.